The van der Waals surface area contributed by atoms with Gasteiger partial charge in [0.05, 0.1) is 11.6 Å². The van der Waals surface area contributed by atoms with Crippen LogP contribution in [0.15, 0.2) is 24.3 Å². The molecule has 0 radical (unpaired) electrons. The molecule has 2 aliphatic rings. The zero-order valence-electron chi connectivity index (χ0n) is 11.4. The van der Waals surface area contributed by atoms with Crippen molar-refractivity contribution < 1.29 is 9.53 Å². The van der Waals surface area contributed by atoms with Gasteiger partial charge < -0.3 is 15.4 Å². The zero-order valence-corrected chi connectivity index (χ0v) is 11.4. The topological polar surface area (TPSA) is 50.4 Å². The van der Waals surface area contributed by atoms with E-state index in [2.05, 4.69) is 23.6 Å². The van der Waals surface area contributed by atoms with Crippen LogP contribution in [0.25, 0.3) is 0 Å². The molecule has 0 spiro atoms. The Balaban J connectivity index is 1.67. The predicted molar refractivity (Wildman–Crippen MR) is 74.1 cm³/mol. The van der Waals surface area contributed by atoms with Crippen LogP contribution in [0.1, 0.15) is 25.8 Å². The van der Waals surface area contributed by atoms with Gasteiger partial charge in [-0.1, -0.05) is 18.2 Å². The Kier molecular flexibility index (Phi) is 2.97. The molecule has 2 heterocycles. The summed E-state index contributed by atoms with van der Waals surface area (Å²) in [5, 5.41) is 6.44. The maximum absolute atomic E-state index is 12.4. The first kappa shape index (κ1) is 12.5. The number of para-hydroxylation sites is 1. The molecule has 1 saturated heterocycles. The van der Waals surface area contributed by atoms with Gasteiger partial charge in [-0.25, -0.2) is 0 Å². The first-order valence-corrected chi connectivity index (χ1v) is 6.86. The van der Waals surface area contributed by atoms with Crippen LogP contribution in [0.4, 0.5) is 5.69 Å². The van der Waals surface area contributed by atoms with E-state index >= 15 is 0 Å². The number of nitrogens with one attached hydrogen (secondary N) is 2. The smallest absolute Gasteiger partial charge is 0.243 e. The van der Waals surface area contributed by atoms with Crippen molar-refractivity contribution in [2.45, 2.75) is 44.4 Å². The van der Waals surface area contributed by atoms with Crippen molar-refractivity contribution in [1.82, 2.24) is 5.32 Å². The first-order chi connectivity index (χ1) is 9.08. The van der Waals surface area contributed by atoms with Crippen molar-refractivity contribution in [2.24, 2.45) is 0 Å². The summed E-state index contributed by atoms with van der Waals surface area (Å²) in [5.41, 5.74) is 2.04. The molecule has 1 fully saturated rings. The average Bonchev–Trinajstić information content (AvgIpc) is 2.94. The summed E-state index contributed by atoms with van der Waals surface area (Å²) in [6.07, 6.45) is 1.70. The summed E-state index contributed by atoms with van der Waals surface area (Å²) in [6.45, 7) is 4.80. The fourth-order valence-corrected chi connectivity index (χ4v) is 2.82. The van der Waals surface area contributed by atoms with Crippen molar-refractivity contribution in [3.8, 4) is 0 Å². The molecular formula is C15H20N2O2. The van der Waals surface area contributed by atoms with Gasteiger partial charge in [0.25, 0.3) is 0 Å². The number of carbonyl (C=O) groups is 1. The van der Waals surface area contributed by atoms with E-state index in [1.807, 2.05) is 25.1 Å². The number of hydrogen-bond acceptors (Lipinski definition) is 3. The minimum absolute atomic E-state index is 0.0658. The van der Waals surface area contributed by atoms with Gasteiger partial charge in [0, 0.05) is 18.7 Å². The zero-order chi connectivity index (χ0) is 13.5. The van der Waals surface area contributed by atoms with E-state index < -0.39 is 0 Å². The van der Waals surface area contributed by atoms with Crippen molar-refractivity contribution in [1.29, 1.82) is 0 Å². The van der Waals surface area contributed by atoms with E-state index in [9.17, 15) is 4.79 Å². The molecule has 0 bridgehead atoms. The highest BCUT2D eigenvalue weighted by Gasteiger charge is 2.40. The quantitative estimate of drug-likeness (QED) is 0.851. The SMILES string of the molecule is CC1OCCC1(C)NC(=O)[C@@H]1Cc2ccccc2N1. The molecule has 0 aliphatic carbocycles. The summed E-state index contributed by atoms with van der Waals surface area (Å²) in [6, 6.07) is 7.92. The first-order valence-electron chi connectivity index (χ1n) is 6.86. The monoisotopic (exact) mass is 260 g/mol. The Labute approximate surface area is 113 Å². The summed E-state index contributed by atoms with van der Waals surface area (Å²) >= 11 is 0. The third-order valence-electron chi connectivity index (χ3n) is 4.38. The lowest BCUT2D eigenvalue weighted by molar-refractivity contribution is -0.124. The second-order valence-corrected chi connectivity index (χ2v) is 5.73. The van der Waals surface area contributed by atoms with Gasteiger partial charge in [0.15, 0.2) is 0 Å². The van der Waals surface area contributed by atoms with E-state index in [0.29, 0.717) is 0 Å². The van der Waals surface area contributed by atoms with Crippen molar-refractivity contribution in [3.05, 3.63) is 29.8 Å². The van der Waals surface area contributed by atoms with Crippen LogP contribution in [-0.2, 0) is 16.0 Å². The normalized spacial score (nSPS) is 32.7. The highest BCUT2D eigenvalue weighted by Crippen LogP contribution is 2.28. The fraction of sp³-hybridized carbons (Fsp3) is 0.533. The van der Waals surface area contributed by atoms with Crippen LogP contribution in [0.5, 0.6) is 0 Å². The number of hydrogen-bond donors (Lipinski definition) is 2. The summed E-state index contributed by atoms with van der Waals surface area (Å²) in [5.74, 6) is 0.0658. The largest absolute Gasteiger partial charge is 0.376 e. The number of anilines is 1. The molecule has 1 aromatic rings. The summed E-state index contributed by atoms with van der Waals surface area (Å²) < 4.78 is 5.56. The predicted octanol–water partition coefficient (Wildman–Crippen LogP) is 1.71. The number of carbonyl (C=O) groups excluding carboxylic acids is 1. The summed E-state index contributed by atoms with van der Waals surface area (Å²) in [7, 11) is 0. The van der Waals surface area contributed by atoms with E-state index in [-0.39, 0.29) is 23.6 Å². The molecule has 19 heavy (non-hydrogen) atoms. The number of fused-ring (bicyclic) bond motifs is 1. The lowest BCUT2D eigenvalue weighted by Crippen LogP contribution is -2.54. The number of amides is 1. The molecule has 3 atom stereocenters. The molecular weight excluding hydrogens is 240 g/mol. The van der Waals surface area contributed by atoms with E-state index in [0.717, 1.165) is 25.1 Å². The number of ether oxygens (including phenoxy) is 1. The maximum atomic E-state index is 12.4. The second kappa shape index (κ2) is 4.53. The molecule has 2 aliphatic heterocycles. The Hall–Kier alpha value is -1.55. The van der Waals surface area contributed by atoms with Gasteiger partial charge >= 0.3 is 0 Å². The molecule has 4 nitrogen and oxygen atoms in total. The van der Waals surface area contributed by atoms with Crippen LogP contribution in [0.3, 0.4) is 0 Å². The van der Waals surface area contributed by atoms with Gasteiger partial charge in [-0.3, -0.25) is 4.79 Å². The van der Waals surface area contributed by atoms with Crippen molar-refractivity contribution >= 4 is 11.6 Å². The van der Waals surface area contributed by atoms with Gasteiger partial charge in [0.2, 0.25) is 5.91 Å². The Morgan fingerprint density at radius 2 is 2.26 bits per heavy atom. The minimum Gasteiger partial charge on any atom is -0.376 e. The van der Waals surface area contributed by atoms with Gasteiger partial charge in [-0.15, -0.1) is 0 Å². The molecule has 1 amide bonds. The Morgan fingerprint density at radius 1 is 1.47 bits per heavy atom. The molecule has 1 aromatic carbocycles. The summed E-state index contributed by atoms with van der Waals surface area (Å²) in [4.78, 5) is 12.4. The Morgan fingerprint density at radius 3 is 2.95 bits per heavy atom. The maximum Gasteiger partial charge on any atom is 0.243 e. The molecule has 102 valence electrons. The van der Waals surface area contributed by atoms with Crippen LogP contribution in [0, 0.1) is 0 Å². The number of benzene rings is 1. The molecule has 0 aromatic heterocycles. The molecule has 0 saturated carbocycles. The van der Waals surface area contributed by atoms with Crippen LogP contribution in [0.2, 0.25) is 0 Å². The lowest BCUT2D eigenvalue weighted by atomic mass is 9.94. The standard InChI is InChI=1S/C15H20N2O2/c1-10-15(2,7-8-19-10)17-14(18)13-9-11-5-3-4-6-12(11)16-13/h3-6,10,13,16H,7-9H2,1-2H3,(H,17,18)/t10?,13-,15?/m0/s1. The van der Waals surface area contributed by atoms with E-state index in [1.54, 1.807) is 0 Å². The van der Waals surface area contributed by atoms with E-state index in [4.69, 9.17) is 4.74 Å². The fourth-order valence-electron chi connectivity index (χ4n) is 2.82. The molecule has 2 N–H and O–H groups in total. The van der Waals surface area contributed by atoms with Crippen molar-refractivity contribution in [3.63, 3.8) is 0 Å². The van der Waals surface area contributed by atoms with Crippen LogP contribution < -0.4 is 10.6 Å². The minimum atomic E-state index is -0.243. The third-order valence-corrected chi connectivity index (χ3v) is 4.38. The van der Waals surface area contributed by atoms with Crippen molar-refractivity contribution in [2.75, 3.05) is 11.9 Å². The van der Waals surface area contributed by atoms with E-state index in [1.165, 1.54) is 5.56 Å². The third kappa shape index (κ3) is 2.21. The van der Waals surface area contributed by atoms with Gasteiger partial charge in [0.1, 0.15) is 6.04 Å². The molecule has 2 unspecified atom stereocenters. The average molecular weight is 260 g/mol. The highest BCUT2D eigenvalue weighted by atomic mass is 16.5. The van der Waals surface area contributed by atoms with Crippen LogP contribution in [-0.4, -0.2) is 30.2 Å². The second-order valence-electron chi connectivity index (χ2n) is 5.73. The Bertz CT molecular complexity index is 478. The number of rotatable bonds is 2. The van der Waals surface area contributed by atoms with Crippen LogP contribution >= 0.6 is 0 Å². The molecule has 4 heteroatoms. The lowest BCUT2D eigenvalue weighted by Gasteiger charge is -2.30. The highest BCUT2D eigenvalue weighted by molar-refractivity contribution is 5.88. The van der Waals surface area contributed by atoms with Gasteiger partial charge in [-0.2, -0.15) is 0 Å². The molecule has 3 rings (SSSR count). The van der Waals surface area contributed by atoms with Gasteiger partial charge in [-0.05, 0) is 31.9 Å².